The van der Waals surface area contributed by atoms with E-state index in [4.69, 9.17) is 5.84 Å². The molecular weight excluding hydrogens is 266 g/mol. The minimum Gasteiger partial charge on any atom is -0.313 e. The van der Waals surface area contributed by atoms with E-state index in [9.17, 15) is 13.2 Å². The maximum atomic E-state index is 11.8. The Kier molecular flexibility index (Phi) is 2.60. The normalized spacial score (nSPS) is 21.1. The molecule has 1 aliphatic rings. The molecule has 3 N–H and O–H groups in total. The fourth-order valence-corrected chi connectivity index (χ4v) is 3.44. The van der Waals surface area contributed by atoms with Crippen molar-refractivity contribution >= 4 is 32.5 Å². The lowest BCUT2D eigenvalue weighted by Crippen LogP contribution is -2.66. The Morgan fingerprint density at radius 2 is 2.18 bits per heavy atom. The molecule has 0 spiro atoms. The molecule has 0 radical (unpaired) electrons. The van der Waals surface area contributed by atoms with E-state index < -0.39 is 20.7 Å². The summed E-state index contributed by atoms with van der Waals surface area (Å²) in [5.74, 6) is 4.76. The highest BCUT2D eigenvalue weighted by molar-refractivity contribution is 7.94. The van der Waals surface area contributed by atoms with E-state index in [2.05, 4.69) is 15.0 Å². The number of nitrogens with zero attached hydrogens (tertiary/aromatic N) is 3. The fourth-order valence-electron chi connectivity index (χ4n) is 1.47. The lowest BCUT2D eigenvalue weighted by atomic mass is 10.2. The molecule has 2 rings (SSSR count). The number of nitrogens with two attached hydrogens (primary N) is 1. The molecule has 94 valence electrons. The number of rotatable bonds is 3. The smallest absolute Gasteiger partial charge is 0.259 e. The Balaban J connectivity index is 2.26. The van der Waals surface area contributed by atoms with Gasteiger partial charge in [-0.3, -0.25) is 4.79 Å². The summed E-state index contributed by atoms with van der Waals surface area (Å²) in [6.45, 7) is 2.62. The zero-order valence-corrected chi connectivity index (χ0v) is 10.8. The maximum absolute atomic E-state index is 11.8. The number of hydrogen-bond donors (Lipinski definition) is 2. The largest absolute Gasteiger partial charge is 0.313 e. The van der Waals surface area contributed by atoms with Gasteiger partial charge in [0.2, 0.25) is 0 Å². The van der Waals surface area contributed by atoms with Crippen LogP contribution in [0, 0.1) is 0 Å². The van der Waals surface area contributed by atoms with Gasteiger partial charge in [-0.25, -0.2) is 18.6 Å². The monoisotopic (exact) mass is 277 g/mol. The third-order valence-corrected chi connectivity index (χ3v) is 5.70. The van der Waals surface area contributed by atoms with Crippen molar-refractivity contribution in [1.29, 1.82) is 0 Å². The first-order valence-corrected chi connectivity index (χ1v) is 6.88. The van der Waals surface area contributed by atoms with Crippen LogP contribution in [0.2, 0.25) is 0 Å². The Morgan fingerprint density at radius 3 is 2.71 bits per heavy atom. The second-order valence-electron chi connectivity index (χ2n) is 4.02. The number of sulfonamides is 1. The Bertz CT molecular complexity index is 564. The van der Waals surface area contributed by atoms with Crippen LogP contribution in [0.25, 0.3) is 0 Å². The van der Waals surface area contributed by atoms with E-state index >= 15 is 0 Å². The van der Waals surface area contributed by atoms with Crippen molar-refractivity contribution in [3.05, 3.63) is 5.69 Å². The third-order valence-electron chi connectivity index (χ3n) is 2.66. The average molecular weight is 277 g/mol. The van der Waals surface area contributed by atoms with Gasteiger partial charge < -0.3 is 5.43 Å². The van der Waals surface area contributed by atoms with Crippen molar-refractivity contribution in [2.24, 2.45) is 5.84 Å². The van der Waals surface area contributed by atoms with Crippen LogP contribution in [-0.4, -0.2) is 33.0 Å². The number of nitrogens with one attached hydrogen (secondary N) is 1. The summed E-state index contributed by atoms with van der Waals surface area (Å²) in [5.41, 5.74) is 2.69. The molecule has 8 nitrogen and oxygen atoms in total. The minimum atomic E-state index is -3.60. The first-order chi connectivity index (χ1) is 7.82. The standard InChI is InChI=1S/C7H11N5O3S2/c1-7(2)6(13)12(17(7,14)15)3-4-5(9-8)16-11-10-4/h9H,3,8H2,1-2H3. The van der Waals surface area contributed by atoms with Crippen LogP contribution in [-0.2, 0) is 21.4 Å². The van der Waals surface area contributed by atoms with Crippen molar-refractivity contribution in [2.45, 2.75) is 25.1 Å². The summed E-state index contributed by atoms with van der Waals surface area (Å²) in [6.07, 6.45) is 0. The zero-order chi connectivity index (χ0) is 12.8. The quantitative estimate of drug-likeness (QED) is 0.552. The number of amides is 1. The summed E-state index contributed by atoms with van der Waals surface area (Å²) in [6, 6.07) is 0. The lowest BCUT2D eigenvalue weighted by Gasteiger charge is -2.42. The molecule has 0 aliphatic carbocycles. The average Bonchev–Trinajstić information content (AvgIpc) is 2.71. The van der Waals surface area contributed by atoms with E-state index in [0.717, 1.165) is 15.8 Å². The molecule has 1 aromatic rings. The predicted octanol–water partition coefficient (Wildman–Crippen LogP) is -0.726. The first kappa shape index (κ1) is 12.2. The Hall–Kier alpha value is -1.26. The van der Waals surface area contributed by atoms with Gasteiger partial charge in [0.1, 0.15) is 10.7 Å². The van der Waals surface area contributed by atoms with Crippen LogP contribution in [0.3, 0.4) is 0 Å². The van der Waals surface area contributed by atoms with Gasteiger partial charge in [-0.2, -0.15) is 0 Å². The zero-order valence-electron chi connectivity index (χ0n) is 9.17. The van der Waals surface area contributed by atoms with Gasteiger partial charge in [0, 0.05) is 11.5 Å². The number of anilines is 1. The van der Waals surface area contributed by atoms with Crippen molar-refractivity contribution in [3.63, 3.8) is 0 Å². The molecule has 0 bridgehead atoms. The van der Waals surface area contributed by atoms with Gasteiger partial charge in [-0.15, -0.1) is 5.10 Å². The molecule has 0 atom stereocenters. The molecule has 0 saturated carbocycles. The topological polar surface area (TPSA) is 118 Å². The van der Waals surface area contributed by atoms with Crippen molar-refractivity contribution < 1.29 is 13.2 Å². The van der Waals surface area contributed by atoms with Crippen molar-refractivity contribution in [2.75, 3.05) is 5.43 Å². The van der Waals surface area contributed by atoms with Gasteiger partial charge in [-0.1, -0.05) is 4.49 Å². The number of aromatic nitrogens is 2. The predicted molar refractivity (Wildman–Crippen MR) is 61.3 cm³/mol. The SMILES string of the molecule is CC1(C)C(=O)N(Cc2nnsc2NN)S1(=O)=O. The molecule has 1 fully saturated rings. The minimum absolute atomic E-state index is 0.138. The number of carbonyl (C=O) groups excluding carboxylic acids is 1. The Morgan fingerprint density at radius 1 is 1.53 bits per heavy atom. The number of hydrazine groups is 1. The molecular formula is C7H11N5O3S2. The second-order valence-corrected chi connectivity index (χ2v) is 7.19. The fraction of sp³-hybridized carbons (Fsp3) is 0.571. The molecule has 1 amide bonds. The van der Waals surface area contributed by atoms with E-state index in [-0.39, 0.29) is 6.54 Å². The second kappa shape index (κ2) is 3.62. The highest BCUT2D eigenvalue weighted by Gasteiger charge is 2.60. The van der Waals surface area contributed by atoms with E-state index in [1.54, 1.807) is 0 Å². The molecule has 2 heterocycles. The molecule has 17 heavy (non-hydrogen) atoms. The molecule has 0 aromatic carbocycles. The van der Waals surface area contributed by atoms with Crippen LogP contribution in [0.15, 0.2) is 0 Å². The summed E-state index contributed by atoms with van der Waals surface area (Å²) in [4.78, 5) is 11.7. The van der Waals surface area contributed by atoms with Crippen LogP contribution >= 0.6 is 11.5 Å². The first-order valence-electron chi connectivity index (χ1n) is 4.67. The van der Waals surface area contributed by atoms with Crippen LogP contribution < -0.4 is 11.3 Å². The third kappa shape index (κ3) is 1.51. The summed E-state index contributed by atoms with van der Waals surface area (Å²) < 4.78 is 26.7. The van der Waals surface area contributed by atoms with Crippen molar-refractivity contribution in [1.82, 2.24) is 13.9 Å². The van der Waals surface area contributed by atoms with Gasteiger partial charge >= 0.3 is 0 Å². The van der Waals surface area contributed by atoms with Crippen LogP contribution in [0.1, 0.15) is 19.5 Å². The maximum Gasteiger partial charge on any atom is 0.259 e. The number of hydrogen-bond acceptors (Lipinski definition) is 8. The van der Waals surface area contributed by atoms with Gasteiger partial charge in [0.05, 0.1) is 6.54 Å². The molecule has 1 aliphatic heterocycles. The molecule has 1 saturated heterocycles. The highest BCUT2D eigenvalue weighted by atomic mass is 32.2. The van der Waals surface area contributed by atoms with Crippen LogP contribution in [0.4, 0.5) is 5.00 Å². The number of nitrogen functional groups attached to an aromatic ring is 1. The van der Waals surface area contributed by atoms with Gasteiger partial charge in [-0.05, 0) is 13.8 Å². The van der Waals surface area contributed by atoms with Gasteiger partial charge in [0.25, 0.3) is 15.9 Å². The lowest BCUT2D eigenvalue weighted by molar-refractivity contribution is -0.132. The van der Waals surface area contributed by atoms with E-state index in [1.807, 2.05) is 0 Å². The highest BCUT2D eigenvalue weighted by Crippen LogP contribution is 2.36. The van der Waals surface area contributed by atoms with E-state index in [1.165, 1.54) is 13.8 Å². The Labute approximate surface area is 102 Å². The molecule has 10 heteroatoms. The molecule has 1 aromatic heterocycles. The summed E-state index contributed by atoms with van der Waals surface area (Å²) in [7, 11) is -3.60. The van der Waals surface area contributed by atoms with E-state index in [0.29, 0.717) is 10.7 Å². The number of carbonyl (C=O) groups is 1. The molecule has 0 unspecified atom stereocenters. The summed E-state index contributed by atoms with van der Waals surface area (Å²) >= 11 is 0.997. The van der Waals surface area contributed by atoms with Gasteiger partial charge in [0.15, 0.2) is 4.75 Å². The van der Waals surface area contributed by atoms with Crippen LogP contribution in [0.5, 0.6) is 0 Å². The van der Waals surface area contributed by atoms with Crippen molar-refractivity contribution in [3.8, 4) is 0 Å². The summed E-state index contributed by atoms with van der Waals surface area (Å²) in [5, 5.41) is 4.17.